The Morgan fingerprint density at radius 3 is 2.82 bits per heavy atom. The predicted octanol–water partition coefficient (Wildman–Crippen LogP) is 2.11. The van der Waals surface area contributed by atoms with E-state index in [0.717, 1.165) is 5.69 Å². The van der Waals surface area contributed by atoms with Crippen molar-refractivity contribution < 1.29 is 9.59 Å². The zero-order valence-corrected chi connectivity index (χ0v) is 15.6. The van der Waals surface area contributed by atoms with Gasteiger partial charge in [-0.25, -0.2) is 9.97 Å². The van der Waals surface area contributed by atoms with Crippen LogP contribution in [0.2, 0.25) is 5.02 Å². The van der Waals surface area contributed by atoms with Gasteiger partial charge in [-0.3, -0.25) is 14.2 Å². The summed E-state index contributed by atoms with van der Waals surface area (Å²) in [5.41, 5.74) is 1.76. The number of nitrogens with zero attached hydrogens (tertiary/aromatic N) is 4. The highest BCUT2D eigenvalue weighted by atomic mass is 35.5. The smallest absolute Gasteiger partial charge is 0.257 e. The number of hydrogen-bond acceptors (Lipinski definition) is 5. The molecule has 0 atom stereocenters. The van der Waals surface area contributed by atoms with Crippen LogP contribution < -0.4 is 15.5 Å². The molecule has 3 aromatic rings. The van der Waals surface area contributed by atoms with E-state index in [1.54, 1.807) is 53.6 Å². The molecule has 1 saturated heterocycles. The largest absolute Gasteiger partial charge is 0.359 e. The third-order valence-electron chi connectivity index (χ3n) is 4.36. The monoisotopic (exact) mass is 396 g/mol. The molecule has 0 radical (unpaired) electrons. The Morgan fingerprint density at radius 1 is 1.25 bits per heavy atom. The van der Waals surface area contributed by atoms with E-state index < -0.39 is 0 Å². The third kappa shape index (κ3) is 3.81. The lowest BCUT2D eigenvalue weighted by Crippen LogP contribution is -2.47. The van der Waals surface area contributed by atoms with Gasteiger partial charge in [0.15, 0.2) is 0 Å². The molecular formula is C19H17ClN6O2. The molecule has 1 aliphatic rings. The van der Waals surface area contributed by atoms with Crippen molar-refractivity contribution in [1.82, 2.24) is 19.9 Å². The first-order valence-corrected chi connectivity index (χ1v) is 9.05. The molecule has 0 spiro atoms. The fourth-order valence-electron chi connectivity index (χ4n) is 2.96. The molecule has 0 saturated carbocycles. The fourth-order valence-corrected chi connectivity index (χ4v) is 3.26. The van der Waals surface area contributed by atoms with E-state index in [1.807, 2.05) is 4.90 Å². The molecule has 1 fully saturated rings. The fraction of sp³-hybridized carbons (Fsp3) is 0.158. The van der Waals surface area contributed by atoms with Crippen LogP contribution in [0.3, 0.4) is 0 Å². The summed E-state index contributed by atoms with van der Waals surface area (Å²) in [4.78, 5) is 34.2. The molecule has 9 heteroatoms. The van der Waals surface area contributed by atoms with Crippen molar-refractivity contribution in [2.75, 3.05) is 29.9 Å². The van der Waals surface area contributed by atoms with E-state index in [1.165, 1.54) is 6.20 Å². The number of anilines is 2. The summed E-state index contributed by atoms with van der Waals surface area (Å²) in [6.07, 6.45) is 6.58. The molecule has 8 nitrogen and oxygen atoms in total. The minimum absolute atomic E-state index is 0.0358. The van der Waals surface area contributed by atoms with Crippen molar-refractivity contribution in [2.24, 2.45) is 0 Å². The van der Waals surface area contributed by atoms with Gasteiger partial charge in [0, 0.05) is 37.4 Å². The molecule has 4 rings (SSSR count). The number of benzene rings is 1. The van der Waals surface area contributed by atoms with Gasteiger partial charge in [-0.15, -0.1) is 0 Å². The lowest BCUT2D eigenvalue weighted by molar-refractivity contribution is -0.120. The molecule has 28 heavy (non-hydrogen) atoms. The summed E-state index contributed by atoms with van der Waals surface area (Å²) in [5, 5.41) is 6.06. The summed E-state index contributed by atoms with van der Waals surface area (Å²) in [7, 11) is 0. The molecular weight excluding hydrogens is 380 g/mol. The lowest BCUT2D eigenvalue weighted by atomic mass is 10.2. The average Bonchev–Trinajstić information content (AvgIpc) is 3.23. The topological polar surface area (TPSA) is 92.2 Å². The number of imidazole rings is 1. The van der Waals surface area contributed by atoms with Crippen LogP contribution in [0, 0.1) is 0 Å². The highest BCUT2D eigenvalue weighted by Crippen LogP contribution is 2.29. The van der Waals surface area contributed by atoms with Gasteiger partial charge in [-0.2, -0.15) is 0 Å². The Morgan fingerprint density at radius 2 is 2.14 bits per heavy atom. The van der Waals surface area contributed by atoms with Gasteiger partial charge in [0.05, 0.1) is 22.8 Å². The number of amides is 2. The Labute approximate surface area is 166 Å². The second-order valence-electron chi connectivity index (χ2n) is 6.27. The van der Waals surface area contributed by atoms with Gasteiger partial charge in [0.1, 0.15) is 12.1 Å². The van der Waals surface area contributed by atoms with E-state index >= 15 is 0 Å². The molecule has 3 heterocycles. The number of carbonyl (C=O) groups excluding carboxylic acids is 2. The van der Waals surface area contributed by atoms with Gasteiger partial charge >= 0.3 is 0 Å². The number of nitrogens with one attached hydrogen (secondary N) is 2. The third-order valence-corrected chi connectivity index (χ3v) is 4.67. The zero-order chi connectivity index (χ0) is 19.5. The van der Waals surface area contributed by atoms with Crippen LogP contribution in [0.4, 0.5) is 11.4 Å². The molecule has 0 unspecified atom stereocenters. The van der Waals surface area contributed by atoms with E-state index in [2.05, 4.69) is 20.6 Å². The second-order valence-corrected chi connectivity index (χ2v) is 6.67. The van der Waals surface area contributed by atoms with Crippen LogP contribution in [0.1, 0.15) is 10.4 Å². The SMILES string of the molecule is O=C1CN(c2ccc(NC(=O)c3ccc(-n4ccnc4)nc3)cc2Cl)CCN1. The van der Waals surface area contributed by atoms with Gasteiger partial charge in [-0.1, -0.05) is 11.6 Å². The summed E-state index contributed by atoms with van der Waals surface area (Å²) in [6.45, 7) is 1.53. The van der Waals surface area contributed by atoms with Gasteiger partial charge in [0.2, 0.25) is 5.91 Å². The summed E-state index contributed by atoms with van der Waals surface area (Å²) >= 11 is 6.37. The number of aromatic nitrogens is 3. The molecule has 2 aromatic heterocycles. The lowest BCUT2D eigenvalue weighted by Gasteiger charge is -2.29. The first-order chi connectivity index (χ1) is 13.6. The zero-order valence-electron chi connectivity index (χ0n) is 14.8. The Kier molecular flexibility index (Phi) is 4.94. The first kappa shape index (κ1) is 18.0. The van der Waals surface area contributed by atoms with Crippen molar-refractivity contribution in [1.29, 1.82) is 0 Å². The molecule has 0 bridgehead atoms. The normalized spacial score (nSPS) is 13.9. The minimum Gasteiger partial charge on any atom is -0.359 e. The summed E-state index contributed by atoms with van der Waals surface area (Å²) < 4.78 is 1.75. The highest BCUT2D eigenvalue weighted by Gasteiger charge is 2.19. The van der Waals surface area contributed by atoms with Gasteiger partial charge < -0.3 is 15.5 Å². The van der Waals surface area contributed by atoms with E-state index in [9.17, 15) is 9.59 Å². The van der Waals surface area contributed by atoms with Crippen LogP contribution >= 0.6 is 11.6 Å². The highest BCUT2D eigenvalue weighted by molar-refractivity contribution is 6.33. The number of halogens is 1. The van der Waals surface area contributed by atoms with Crippen molar-refractivity contribution in [3.05, 3.63) is 65.8 Å². The molecule has 2 N–H and O–H groups in total. The quantitative estimate of drug-likeness (QED) is 0.704. The molecule has 0 aliphatic carbocycles. The minimum atomic E-state index is -0.286. The Balaban J connectivity index is 1.45. The van der Waals surface area contributed by atoms with Gasteiger partial charge in [-0.05, 0) is 30.3 Å². The Hall–Kier alpha value is -3.39. The van der Waals surface area contributed by atoms with Crippen molar-refractivity contribution in [3.63, 3.8) is 0 Å². The molecule has 2 amide bonds. The number of piperazine rings is 1. The molecule has 142 valence electrons. The van der Waals surface area contributed by atoms with E-state index in [0.29, 0.717) is 35.2 Å². The van der Waals surface area contributed by atoms with Crippen LogP contribution in [-0.4, -0.2) is 46.0 Å². The van der Waals surface area contributed by atoms with Gasteiger partial charge in [0.25, 0.3) is 5.91 Å². The molecule has 1 aromatic carbocycles. The maximum Gasteiger partial charge on any atom is 0.257 e. The maximum atomic E-state index is 12.5. The van der Waals surface area contributed by atoms with Crippen molar-refractivity contribution in [2.45, 2.75) is 0 Å². The van der Waals surface area contributed by atoms with E-state index in [-0.39, 0.29) is 18.4 Å². The summed E-state index contributed by atoms with van der Waals surface area (Å²) in [6, 6.07) is 8.68. The average molecular weight is 397 g/mol. The van der Waals surface area contributed by atoms with Crippen LogP contribution in [-0.2, 0) is 4.79 Å². The second kappa shape index (κ2) is 7.69. The first-order valence-electron chi connectivity index (χ1n) is 8.67. The number of carbonyl (C=O) groups is 2. The standard InChI is InChI=1S/C19H17ClN6O2/c20-15-9-14(2-3-16(15)25-8-6-22-18(27)11-25)24-19(28)13-1-4-17(23-10-13)26-7-5-21-12-26/h1-5,7,9-10,12H,6,8,11H2,(H,22,27)(H,24,28). The molecule has 1 aliphatic heterocycles. The van der Waals surface area contributed by atoms with Crippen LogP contribution in [0.15, 0.2) is 55.2 Å². The van der Waals surface area contributed by atoms with Crippen LogP contribution in [0.5, 0.6) is 0 Å². The number of pyridine rings is 1. The maximum absolute atomic E-state index is 12.5. The van der Waals surface area contributed by atoms with Crippen LogP contribution in [0.25, 0.3) is 5.82 Å². The number of hydrogen-bond donors (Lipinski definition) is 2. The van der Waals surface area contributed by atoms with E-state index in [4.69, 9.17) is 11.6 Å². The number of rotatable bonds is 4. The summed E-state index contributed by atoms with van der Waals surface area (Å²) in [5.74, 6) is 0.351. The predicted molar refractivity (Wildman–Crippen MR) is 106 cm³/mol. The van der Waals surface area contributed by atoms with Crippen molar-refractivity contribution in [3.8, 4) is 5.82 Å². The van der Waals surface area contributed by atoms with Crippen molar-refractivity contribution >= 4 is 34.8 Å². The Bertz CT molecular complexity index is 1000.